The fraction of sp³-hybridized carbons (Fsp3) is 0.400. The van der Waals surface area contributed by atoms with Gasteiger partial charge in [0.2, 0.25) is 0 Å². The third-order valence-corrected chi connectivity index (χ3v) is 6.11. The van der Waals surface area contributed by atoms with Crippen molar-refractivity contribution in [3.05, 3.63) is 17.0 Å². The van der Waals surface area contributed by atoms with E-state index in [1.165, 1.54) is 12.1 Å². The summed E-state index contributed by atoms with van der Waals surface area (Å²) in [4.78, 5) is 11.3. The van der Waals surface area contributed by atoms with Crippen LogP contribution in [0.3, 0.4) is 0 Å². The second kappa shape index (κ2) is 4.90. The molecule has 1 aromatic heterocycles. The third-order valence-electron chi connectivity index (χ3n) is 2.77. The molecule has 1 unspecified atom stereocenters. The van der Waals surface area contributed by atoms with E-state index >= 15 is 0 Å². The number of carboxylic acids is 1. The van der Waals surface area contributed by atoms with Gasteiger partial charge in [0.15, 0.2) is 0 Å². The summed E-state index contributed by atoms with van der Waals surface area (Å²) in [5.41, 5.74) is 0. The minimum Gasteiger partial charge on any atom is -0.480 e. The van der Waals surface area contributed by atoms with Gasteiger partial charge in [-0.2, -0.15) is 9.57 Å². The molecular weight excluding hydrogens is 292 g/mol. The van der Waals surface area contributed by atoms with Crippen LogP contribution in [-0.4, -0.2) is 47.6 Å². The molecular formula is C10H10N2O5S2. The molecule has 2 heterocycles. The van der Waals surface area contributed by atoms with Gasteiger partial charge in [0.1, 0.15) is 21.2 Å². The smallest absolute Gasteiger partial charge is 0.322 e. The zero-order valence-electron chi connectivity index (χ0n) is 9.55. The minimum absolute atomic E-state index is 0.0931. The largest absolute Gasteiger partial charge is 0.480 e. The number of β-amino-alcohol motifs (C(OH)–C–C–N with tert-alkyl or cyclic N) is 1. The number of aliphatic hydroxyl groups excluding tert-OH is 1. The highest BCUT2D eigenvalue weighted by Gasteiger charge is 2.44. The predicted molar refractivity (Wildman–Crippen MR) is 65.0 cm³/mol. The van der Waals surface area contributed by atoms with Crippen molar-refractivity contribution in [3.8, 4) is 6.07 Å². The summed E-state index contributed by atoms with van der Waals surface area (Å²) < 4.78 is 25.2. The van der Waals surface area contributed by atoms with Gasteiger partial charge in [0.05, 0.1) is 6.10 Å². The maximum Gasteiger partial charge on any atom is 0.322 e. The van der Waals surface area contributed by atoms with E-state index in [2.05, 4.69) is 0 Å². The Hall–Kier alpha value is -1.47. The van der Waals surface area contributed by atoms with Crippen molar-refractivity contribution >= 4 is 27.3 Å². The number of hydrogen-bond donors (Lipinski definition) is 2. The molecule has 7 nitrogen and oxygen atoms in total. The van der Waals surface area contributed by atoms with Crippen molar-refractivity contribution in [2.24, 2.45) is 0 Å². The molecule has 1 aliphatic heterocycles. The van der Waals surface area contributed by atoms with Crippen LogP contribution in [0.5, 0.6) is 0 Å². The molecule has 0 amide bonds. The zero-order valence-corrected chi connectivity index (χ0v) is 11.2. The number of sulfonamides is 1. The van der Waals surface area contributed by atoms with Crippen LogP contribution in [0.4, 0.5) is 0 Å². The molecule has 0 bridgehead atoms. The Morgan fingerprint density at radius 2 is 2.21 bits per heavy atom. The first-order chi connectivity index (χ1) is 8.86. The quantitative estimate of drug-likeness (QED) is 0.800. The SMILES string of the molecule is N#Cc1ccc(S(=O)(=O)N2CC(O)C[C@H]2C(=O)O)s1. The van der Waals surface area contributed by atoms with Gasteiger partial charge in [0, 0.05) is 13.0 Å². The van der Waals surface area contributed by atoms with E-state index in [9.17, 15) is 18.3 Å². The van der Waals surface area contributed by atoms with Gasteiger partial charge in [-0.05, 0) is 12.1 Å². The predicted octanol–water partition coefficient (Wildman–Crippen LogP) is -0.172. The van der Waals surface area contributed by atoms with Gasteiger partial charge in [-0.1, -0.05) is 0 Å². The molecule has 2 atom stereocenters. The van der Waals surface area contributed by atoms with E-state index in [1.807, 2.05) is 6.07 Å². The van der Waals surface area contributed by atoms with Crippen LogP contribution >= 0.6 is 11.3 Å². The summed E-state index contributed by atoms with van der Waals surface area (Å²) in [6, 6.07) is 3.18. The molecule has 1 saturated heterocycles. The fourth-order valence-electron chi connectivity index (χ4n) is 1.91. The van der Waals surface area contributed by atoms with Crippen molar-refractivity contribution in [1.29, 1.82) is 5.26 Å². The fourth-order valence-corrected chi connectivity index (χ4v) is 4.77. The Balaban J connectivity index is 2.39. The highest BCUT2D eigenvalue weighted by Crippen LogP contribution is 2.30. The summed E-state index contributed by atoms with van der Waals surface area (Å²) in [6.45, 7) is -0.251. The van der Waals surface area contributed by atoms with Crippen molar-refractivity contribution < 1.29 is 23.4 Å². The van der Waals surface area contributed by atoms with Crippen LogP contribution in [0, 0.1) is 11.3 Å². The first kappa shape index (κ1) is 14.0. The summed E-state index contributed by atoms with van der Waals surface area (Å²) in [5, 5.41) is 27.1. The molecule has 2 rings (SSSR count). The van der Waals surface area contributed by atoms with Crippen LogP contribution in [-0.2, 0) is 14.8 Å². The van der Waals surface area contributed by atoms with E-state index in [-0.39, 0.29) is 22.1 Å². The van der Waals surface area contributed by atoms with Crippen molar-refractivity contribution in [2.45, 2.75) is 22.8 Å². The van der Waals surface area contributed by atoms with Crippen molar-refractivity contribution in [1.82, 2.24) is 4.31 Å². The van der Waals surface area contributed by atoms with E-state index in [1.54, 1.807) is 0 Å². The summed E-state index contributed by atoms with van der Waals surface area (Å²) in [5.74, 6) is -1.29. The topological polar surface area (TPSA) is 119 Å². The monoisotopic (exact) mass is 302 g/mol. The number of carboxylic acid groups (broad SMARTS) is 1. The van der Waals surface area contributed by atoms with Crippen LogP contribution in [0.1, 0.15) is 11.3 Å². The standard InChI is InChI=1S/C10H10N2O5S2/c11-4-7-1-2-9(18-7)19(16,17)12-5-6(13)3-8(12)10(14)15/h1-2,6,8,13H,3,5H2,(H,14,15)/t6?,8-/m0/s1. The van der Waals surface area contributed by atoms with Gasteiger partial charge < -0.3 is 10.2 Å². The molecule has 0 saturated carbocycles. The maximum atomic E-state index is 12.3. The van der Waals surface area contributed by atoms with Gasteiger partial charge >= 0.3 is 5.97 Å². The van der Waals surface area contributed by atoms with Gasteiger partial charge in [0.25, 0.3) is 10.0 Å². The van der Waals surface area contributed by atoms with Gasteiger partial charge in [-0.3, -0.25) is 4.79 Å². The number of aliphatic carboxylic acids is 1. The molecule has 1 aromatic rings. The Kier molecular flexibility index (Phi) is 3.60. The summed E-state index contributed by atoms with van der Waals surface area (Å²) in [6.07, 6.45) is -1.13. The second-order valence-electron chi connectivity index (χ2n) is 4.05. The highest BCUT2D eigenvalue weighted by molar-refractivity contribution is 7.91. The molecule has 2 N–H and O–H groups in total. The van der Waals surface area contributed by atoms with E-state index in [0.29, 0.717) is 0 Å². The van der Waals surface area contributed by atoms with E-state index in [4.69, 9.17) is 10.4 Å². The first-order valence-electron chi connectivity index (χ1n) is 5.29. The highest BCUT2D eigenvalue weighted by atomic mass is 32.2. The van der Waals surface area contributed by atoms with Crippen LogP contribution < -0.4 is 0 Å². The first-order valence-corrected chi connectivity index (χ1v) is 7.54. The molecule has 9 heteroatoms. The number of carbonyl (C=O) groups is 1. The molecule has 1 aliphatic rings. The Labute approximate surface area is 113 Å². The third kappa shape index (κ3) is 2.48. The lowest BCUT2D eigenvalue weighted by molar-refractivity contribution is -0.140. The Morgan fingerprint density at radius 1 is 1.53 bits per heavy atom. The molecule has 0 aromatic carbocycles. The summed E-state index contributed by atoms with van der Waals surface area (Å²) >= 11 is 0.776. The molecule has 19 heavy (non-hydrogen) atoms. The van der Waals surface area contributed by atoms with Crippen molar-refractivity contribution in [2.75, 3.05) is 6.54 Å². The minimum atomic E-state index is -4.00. The Morgan fingerprint density at radius 3 is 2.74 bits per heavy atom. The van der Waals surface area contributed by atoms with Gasteiger partial charge in [-0.15, -0.1) is 11.3 Å². The normalized spacial score (nSPS) is 24.2. The van der Waals surface area contributed by atoms with Gasteiger partial charge in [-0.25, -0.2) is 8.42 Å². The molecule has 0 aliphatic carbocycles. The molecule has 102 valence electrons. The molecule has 0 spiro atoms. The number of hydrogen-bond acceptors (Lipinski definition) is 6. The lowest BCUT2D eigenvalue weighted by Crippen LogP contribution is -2.40. The van der Waals surface area contributed by atoms with Crippen LogP contribution in [0.25, 0.3) is 0 Å². The number of nitriles is 1. The zero-order chi connectivity index (χ0) is 14.2. The number of aliphatic hydroxyl groups is 1. The number of nitrogens with zero attached hydrogens (tertiary/aromatic N) is 2. The Bertz CT molecular complexity index is 645. The molecule has 0 radical (unpaired) electrons. The van der Waals surface area contributed by atoms with E-state index < -0.39 is 28.1 Å². The lowest BCUT2D eigenvalue weighted by atomic mass is 10.2. The molecule has 1 fully saturated rings. The lowest BCUT2D eigenvalue weighted by Gasteiger charge is -2.19. The van der Waals surface area contributed by atoms with Crippen molar-refractivity contribution in [3.63, 3.8) is 0 Å². The average Bonchev–Trinajstić information content (AvgIpc) is 2.94. The van der Waals surface area contributed by atoms with Crippen LogP contribution in [0.2, 0.25) is 0 Å². The number of thiophene rings is 1. The average molecular weight is 302 g/mol. The van der Waals surface area contributed by atoms with E-state index in [0.717, 1.165) is 15.6 Å². The maximum absolute atomic E-state index is 12.3. The second-order valence-corrected chi connectivity index (χ2v) is 7.25. The number of rotatable bonds is 3. The van der Waals surface area contributed by atoms with Crippen LogP contribution in [0.15, 0.2) is 16.3 Å². The summed E-state index contributed by atoms with van der Waals surface area (Å²) in [7, 11) is -4.00.